The molecule has 5 heteroatoms. The summed E-state index contributed by atoms with van der Waals surface area (Å²) >= 11 is 1.70. The van der Waals surface area contributed by atoms with E-state index in [4.69, 9.17) is 5.73 Å². The Kier molecular flexibility index (Phi) is 5.67. The zero-order valence-electron chi connectivity index (χ0n) is 15.2. The lowest BCUT2D eigenvalue weighted by Crippen LogP contribution is -2.39. The SMILES string of the molecule is Cc1ccc(SCCC(=O)N2CC[C@H](C(N)=O)c3ccccc32)cc1C. The first-order valence-electron chi connectivity index (χ1n) is 8.86. The topological polar surface area (TPSA) is 63.4 Å². The highest BCUT2D eigenvalue weighted by Gasteiger charge is 2.30. The molecule has 3 rings (SSSR count). The standard InChI is InChI=1S/C21H24N2O2S/c1-14-7-8-16(13-15(14)2)26-12-10-20(24)23-11-9-18(21(22)25)17-5-3-4-6-19(17)23/h3-8,13,18H,9-12H2,1-2H3,(H2,22,25)/t18-/m0/s1. The fraction of sp³-hybridized carbons (Fsp3) is 0.333. The van der Waals surface area contributed by atoms with E-state index in [1.54, 1.807) is 16.7 Å². The van der Waals surface area contributed by atoms with Crippen molar-refractivity contribution >= 4 is 29.3 Å². The lowest BCUT2D eigenvalue weighted by molar-refractivity contribution is -0.121. The molecule has 2 N–H and O–H groups in total. The molecule has 0 radical (unpaired) electrons. The van der Waals surface area contributed by atoms with Crippen molar-refractivity contribution in [2.24, 2.45) is 5.73 Å². The number of nitrogens with zero attached hydrogens (tertiary/aromatic N) is 1. The molecular weight excluding hydrogens is 344 g/mol. The van der Waals surface area contributed by atoms with Crippen LogP contribution in [0.1, 0.15) is 35.4 Å². The summed E-state index contributed by atoms with van der Waals surface area (Å²) in [6.07, 6.45) is 1.05. The lowest BCUT2D eigenvalue weighted by atomic mass is 9.89. The molecule has 0 aromatic heterocycles. The van der Waals surface area contributed by atoms with E-state index in [1.165, 1.54) is 16.0 Å². The second-order valence-corrected chi connectivity index (χ2v) is 7.86. The fourth-order valence-corrected chi connectivity index (χ4v) is 4.25. The Morgan fingerprint density at radius 3 is 2.65 bits per heavy atom. The number of anilines is 1. The van der Waals surface area contributed by atoms with E-state index in [9.17, 15) is 9.59 Å². The maximum Gasteiger partial charge on any atom is 0.227 e. The highest BCUT2D eigenvalue weighted by atomic mass is 32.2. The molecule has 1 aliphatic rings. The predicted octanol–water partition coefficient (Wildman–Crippen LogP) is 3.79. The molecular formula is C21H24N2O2S. The predicted molar refractivity (Wildman–Crippen MR) is 107 cm³/mol. The number of carbonyl (C=O) groups is 2. The minimum absolute atomic E-state index is 0.0942. The summed E-state index contributed by atoms with van der Waals surface area (Å²) < 4.78 is 0. The van der Waals surface area contributed by atoms with Gasteiger partial charge in [0.05, 0.1) is 5.92 Å². The van der Waals surface area contributed by atoms with Gasteiger partial charge in [-0.15, -0.1) is 11.8 Å². The Bertz CT molecular complexity index is 835. The van der Waals surface area contributed by atoms with Crippen LogP contribution in [0, 0.1) is 13.8 Å². The Labute approximate surface area is 158 Å². The molecule has 26 heavy (non-hydrogen) atoms. The van der Waals surface area contributed by atoms with E-state index < -0.39 is 0 Å². The second-order valence-electron chi connectivity index (χ2n) is 6.69. The first kappa shape index (κ1) is 18.5. The second kappa shape index (κ2) is 7.96. The molecule has 2 aromatic carbocycles. The molecule has 0 saturated heterocycles. The van der Waals surface area contributed by atoms with Crippen LogP contribution >= 0.6 is 11.8 Å². The molecule has 0 bridgehead atoms. The van der Waals surface area contributed by atoms with E-state index in [-0.39, 0.29) is 17.7 Å². The number of nitrogens with two attached hydrogens (primary N) is 1. The minimum Gasteiger partial charge on any atom is -0.369 e. The molecule has 0 spiro atoms. The van der Waals surface area contributed by atoms with E-state index in [0.29, 0.717) is 19.4 Å². The zero-order chi connectivity index (χ0) is 18.7. The summed E-state index contributed by atoms with van der Waals surface area (Å²) in [6, 6.07) is 14.0. The Balaban J connectivity index is 1.65. The number of carbonyl (C=O) groups excluding carboxylic acids is 2. The zero-order valence-corrected chi connectivity index (χ0v) is 16.0. The lowest BCUT2D eigenvalue weighted by Gasteiger charge is -2.33. The van der Waals surface area contributed by atoms with E-state index in [1.807, 2.05) is 24.3 Å². The van der Waals surface area contributed by atoms with Crippen molar-refractivity contribution in [2.45, 2.75) is 37.5 Å². The van der Waals surface area contributed by atoms with E-state index in [2.05, 4.69) is 32.0 Å². The number of thioether (sulfide) groups is 1. The Morgan fingerprint density at radius 2 is 1.92 bits per heavy atom. The van der Waals surface area contributed by atoms with Crippen molar-refractivity contribution in [3.05, 3.63) is 59.2 Å². The molecule has 1 aliphatic heterocycles. The van der Waals surface area contributed by atoms with Crippen molar-refractivity contribution in [3.8, 4) is 0 Å². The van der Waals surface area contributed by atoms with Gasteiger partial charge in [-0.25, -0.2) is 0 Å². The van der Waals surface area contributed by atoms with Crippen molar-refractivity contribution in [3.63, 3.8) is 0 Å². The van der Waals surface area contributed by atoms with Gasteiger partial charge in [0.25, 0.3) is 0 Å². The van der Waals surface area contributed by atoms with Gasteiger partial charge < -0.3 is 10.6 Å². The largest absolute Gasteiger partial charge is 0.369 e. The monoisotopic (exact) mass is 368 g/mol. The first-order valence-corrected chi connectivity index (χ1v) is 9.84. The van der Waals surface area contributed by atoms with Crippen molar-refractivity contribution in [1.29, 1.82) is 0 Å². The molecule has 0 fully saturated rings. The molecule has 0 saturated carbocycles. The fourth-order valence-electron chi connectivity index (χ4n) is 3.31. The van der Waals surface area contributed by atoms with Gasteiger partial charge in [-0.1, -0.05) is 24.3 Å². The number of amides is 2. The number of fused-ring (bicyclic) bond motifs is 1. The highest BCUT2D eigenvalue weighted by Crippen LogP contribution is 2.35. The van der Waals surface area contributed by atoms with Crippen LogP contribution in [0.5, 0.6) is 0 Å². The van der Waals surface area contributed by atoms with E-state index >= 15 is 0 Å². The summed E-state index contributed by atoms with van der Waals surface area (Å²) in [5, 5.41) is 0. The van der Waals surface area contributed by atoms with Crippen LogP contribution in [-0.2, 0) is 9.59 Å². The molecule has 1 heterocycles. The van der Waals surface area contributed by atoms with Crippen molar-refractivity contribution in [1.82, 2.24) is 0 Å². The average Bonchev–Trinajstić information content (AvgIpc) is 2.63. The number of aryl methyl sites for hydroxylation is 2. The molecule has 0 unspecified atom stereocenters. The molecule has 2 amide bonds. The number of rotatable bonds is 5. The average molecular weight is 369 g/mol. The maximum absolute atomic E-state index is 12.7. The number of hydrogen-bond donors (Lipinski definition) is 1. The summed E-state index contributed by atoms with van der Waals surface area (Å²) in [5.41, 5.74) is 9.76. The van der Waals surface area contributed by atoms with Gasteiger partial charge in [-0.3, -0.25) is 9.59 Å². The van der Waals surface area contributed by atoms with E-state index in [0.717, 1.165) is 17.0 Å². The third-order valence-corrected chi connectivity index (χ3v) is 5.95. The van der Waals surface area contributed by atoms with Crippen LogP contribution in [0.3, 0.4) is 0 Å². The summed E-state index contributed by atoms with van der Waals surface area (Å²) in [7, 11) is 0. The van der Waals surface area contributed by atoms with Crippen LogP contribution < -0.4 is 10.6 Å². The van der Waals surface area contributed by atoms with Crippen LogP contribution in [0.2, 0.25) is 0 Å². The third-order valence-electron chi connectivity index (χ3n) is 4.95. The van der Waals surface area contributed by atoms with Gasteiger partial charge in [0.1, 0.15) is 0 Å². The molecule has 136 valence electrons. The quantitative estimate of drug-likeness (QED) is 0.817. The summed E-state index contributed by atoms with van der Waals surface area (Å²) in [4.78, 5) is 27.4. The number of benzene rings is 2. The van der Waals surface area contributed by atoms with Gasteiger partial charge in [0.15, 0.2) is 0 Å². The summed E-state index contributed by atoms with van der Waals surface area (Å²) in [6.45, 7) is 4.74. The van der Waals surface area contributed by atoms with Gasteiger partial charge in [0, 0.05) is 29.3 Å². The van der Waals surface area contributed by atoms with Crippen LogP contribution in [-0.4, -0.2) is 24.1 Å². The number of primary amides is 1. The minimum atomic E-state index is -0.324. The maximum atomic E-state index is 12.7. The molecule has 2 aromatic rings. The summed E-state index contributed by atoms with van der Waals surface area (Å²) in [5.74, 6) is 0.200. The van der Waals surface area contributed by atoms with Gasteiger partial charge in [-0.05, 0) is 55.2 Å². The Hall–Kier alpha value is -2.27. The van der Waals surface area contributed by atoms with Crippen LogP contribution in [0.4, 0.5) is 5.69 Å². The molecule has 4 nitrogen and oxygen atoms in total. The number of para-hydroxylation sites is 1. The van der Waals surface area contributed by atoms with Crippen molar-refractivity contribution in [2.75, 3.05) is 17.2 Å². The smallest absolute Gasteiger partial charge is 0.227 e. The molecule has 1 atom stereocenters. The van der Waals surface area contributed by atoms with Crippen molar-refractivity contribution < 1.29 is 9.59 Å². The van der Waals surface area contributed by atoms with Gasteiger partial charge >= 0.3 is 0 Å². The number of hydrogen-bond acceptors (Lipinski definition) is 3. The van der Waals surface area contributed by atoms with Crippen LogP contribution in [0.15, 0.2) is 47.4 Å². The normalized spacial score (nSPS) is 16.2. The van der Waals surface area contributed by atoms with Crippen LogP contribution in [0.25, 0.3) is 0 Å². The highest BCUT2D eigenvalue weighted by molar-refractivity contribution is 7.99. The van der Waals surface area contributed by atoms with Gasteiger partial charge in [0.2, 0.25) is 11.8 Å². The Morgan fingerprint density at radius 1 is 1.15 bits per heavy atom. The third kappa shape index (κ3) is 3.93. The molecule has 0 aliphatic carbocycles. The first-order chi connectivity index (χ1) is 12.5. The van der Waals surface area contributed by atoms with Gasteiger partial charge in [-0.2, -0.15) is 0 Å².